The van der Waals surface area contributed by atoms with E-state index >= 15 is 0 Å². The van der Waals surface area contributed by atoms with Crippen molar-refractivity contribution in [2.24, 2.45) is 0 Å². The van der Waals surface area contributed by atoms with Crippen LogP contribution in [0.1, 0.15) is 16.7 Å². The van der Waals surface area contributed by atoms with E-state index in [0.717, 1.165) is 0 Å². The lowest BCUT2D eigenvalue weighted by Gasteiger charge is -2.33. The molecule has 22 heteroatoms. The maximum atomic E-state index is 13.9. The monoisotopic (exact) mass is 597 g/mol. The quantitative estimate of drug-likeness (QED) is 0.293. The van der Waals surface area contributed by atoms with Crippen LogP contribution in [0.15, 0.2) is 12.1 Å². The van der Waals surface area contributed by atoms with Gasteiger partial charge in [-0.2, -0.15) is 92.2 Å². The number of benzene rings is 1. The minimum atomic E-state index is -7.75. The molecular weight excluding hydrogens is 595 g/mol. The highest BCUT2D eigenvalue weighted by molar-refractivity contribution is 5.51. The van der Waals surface area contributed by atoms with Gasteiger partial charge in [0.25, 0.3) is 0 Å². The van der Waals surface area contributed by atoms with Crippen LogP contribution < -0.4 is 0 Å². The Kier molecular flexibility index (Phi) is 7.28. The predicted octanol–water partition coefficient (Wildman–Crippen LogP) is 8.70. The molecule has 0 atom stereocenters. The largest absolute Gasteiger partial charge is 0.460 e. The Bertz CT molecular complexity index is 949. The topological polar surface area (TPSA) is 19.9 Å². The zero-order chi connectivity index (χ0) is 30.2. The highest BCUT2D eigenvalue weighted by Crippen LogP contribution is 2.60. The van der Waals surface area contributed by atoms with Crippen molar-refractivity contribution in [2.75, 3.05) is 0 Å². The van der Waals surface area contributed by atoms with Crippen molar-refractivity contribution in [3.05, 3.63) is 28.8 Å². The van der Waals surface area contributed by atoms with E-state index in [0.29, 0.717) is 0 Å². The zero-order valence-corrected chi connectivity index (χ0v) is 16.0. The van der Waals surface area contributed by atoms with Gasteiger partial charge in [0.2, 0.25) is 0 Å². The third kappa shape index (κ3) is 4.56. The normalized spacial score (nSPS) is 15.8. The summed E-state index contributed by atoms with van der Waals surface area (Å²) >= 11 is 0. The van der Waals surface area contributed by atoms with Crippen LogP contribution in [0.5, 0.6) is 5.75 Å². The summed E-state index contributed by atoms with van der Waals surface area (Å²) in [7, 11) is 0. The standard InChI is InChI=1S/C15H2F21O/c16-7(17,10(22,23)13(28,29)30)3-1-4(8(18,19)11(24,25)14(31,32)33)6(37)5(2-3)9(20,21)12(26,27)15(34,35)36/h1-2H. The van der Waals surface area contributed by atoms with Gasteiger partial charge in [0.1, 0.15) is 0 Å². The number of halogens is 21. The molecule has 215 valence electrons. The fourth-order valence-electron chi connectivity index (χ4n) is 2.33. The van der Waals surface area contributed by atoms with Crippen molar-refractivity contribution in [1.82, 2.24) is 0 Å². The van der Waals surface area contributed by atoms with Gasteiger partial charge in [-0.25, -0.2) is 0 Å². The molecule has 0 aliphatic rings. The fourth-order valence-corrected chi connectivity index (χ4v) is 2.33. The molecule has 1 aromatic carbocycles. The third-order valence-electron chi connectivity index (χ3n) is 4.38. The van der Waals surface area contributed by atoms with Crippen molar-refractivity contribution in [1.29, 1.82) is 0 Å². The third-order valence-corrected chi connectivity index (χ3v) is 4.38. The van der Waals surface area contributed by atoms with Crippen molar-refractivity contribution in [3.63, 3.8) is 0 Å². The second kappa shape index (κ2) is 8.27. The van der Waals surface area contributed by atoms with E-state index in [2.05, 4.69) is 0 Å². The van der Waals surface area contributed by atoms with Crippen LogP contribution in [0.3, 0.4) is 0 Å². The molecule has 0 bridgehead atoms. The van der Waals surface area contributed by atoms with Gasteiger partial charge in [-0.15, -0.1) is 0 Å². The summed E-state index contributed by atoms with van der Waals surface area (Å²) in [5.41, 5.74) is -12.3. The summed E-state index contributed by atoms with van der Waals surface area (Å²) in [6.07, 6.45) is -22.7. The van der Waals surface area contributed by atoms with Gasteiger partial charge >= 0.3 is 54.1 Å². The fraction of sp³-hybridized carbons (Fsp3) is 0.600. The van der Waals surface area contributed by atoms with E-state index in [-0.39, 0.29) is 0 Å². The van der Waals surface area contributed by atoms with Crippen molar-refractivity contribution >= 4 is 0 Å². The summed E-state index contributed by atoms with van der Waals surface area (Å²) in [5.74, 6) is -49.6. The molecule has 0 saturated carbocycles. The Hall–Kier alpha value is -2.45. The van der Waals surface area contributed by atoms with Crippen LogP contribution in [0.2, 0.25) is 0 Å². The first-order valence-corrected chi connectivity index (χ1v) is 8.08. The number of hydrogen-bond acceptors (Lipinski definition) is 0. The summed E-state index contributed by atoms with van der Waals surface area (Å²) in [6, 6.07) is -4.04. The Morgan fingerprint density at radius 3 is 0.811 bits per heavy atom. The van der Waals surface area contributed by atoms with Crippen molar-refractivity contribution < 1.29 is 97.3 Å². The van der Waals surface area contributed by atoms with E-state index in [4.69, 9.17) is 0 Å². The molecule has 1 radical (unpaired) electrons. The van der Waals surface area contributed by atoms with Crippen LogP contribution in [0.25, 0.3) is 0 Å². The lowest BCUT2D eigenvalue weighted by molar-refractivity contribution is -0.363. The average Bonchev–Trinajstić information content (AvgIpc) is 2.64. The first kappa shape index (κ1) is 32.6. The van der Waals surface area contributed by atoms with Gasteiger partial charge in [0.05, 0.1) is 11.1 Å². The molecule has 0 aliphatic heterocycles. The van der Waals surface area contributed by atoms with Crippen LogP contribution in [0.4, 0.5) is 92.2 Å². The minimum absolute atomic E-state index is 2.02. The molecule has 0 saturated heterocycles. The molecule has 0 fully saturated rings. The molecule has 0 unspecified atom stereocenters. The molecule has 0 spiro atoms. The predicted molar refractivity (Wildman–Crippen MR) is 71.3 cm³/mol. The van der Waals surface area contributed by atoms with E-state index < -0.39 is 88.6 Å². The van der Waals surface area contributed by atoms with Gasteiger partial charge in [0.15, 0.2) is 5.75 Å². The number of alkyl halides is 21. The van der Waals surface area contributed by atoms with Crippen LogP contribution in [-0.2, 0) is 22.9 Å². The zero-order valence-electron chi connectivity index (χ0n) is 16.0. The maximum absolute atomic E-state index is 13.9. The van der Waals surface area contributed by atoms with E-state index in [1.54, 1.807) is 0 Å². The van der Waals surface area contributed by atoms with Crippen molar-refractivity contribution in [3.8, 4) is 5.75 Å². The van der Waals surface area contributed by atoms with Gasteiger partial charge < -0.3 is 0 Å². The molecule has 0 amide bonds. The Balaban J connectivity index is 4.35. The van der Waals surface area contributed by atoms with Crippen molar-refractivity contribution in [2.45, 2.75) is 54.1 Å². The average molecular weight is 597 g/mol. The van der Waals surface area contributed by atoms with Crippen LogP contribution >= 0.6 is 0 Å². The molecule has 0 aromatic heterocycles. The lowest BCUT2D eigenvalue weighted by Crippen LogP contribution is -2.52. The summed E-state index contributed by atoms with van der Waals surface area (Å²) in [6.45, 7) is 0. The number of hydrogen-bond donors (Lipinski definition) is 0. The minimum Gasteiger partial charge on any atom is -0.289 e. The second-order valence-corrected chi connectivity index (χ2v) is 6.84. The first-order chi connectivity index (χ1) is 15.7. The molecule has 0 aliphatic carbocycles. The molecule has 37 heavy (non-hydrogen) atoms. The maximum Gasteiger partial charge on any atom is 0.460 e. The highest BCUT2D eigenvalue weighted by Gasteiger charge is 2.78. The van der Waals surface area contributed by atoms with Crippen LogP contribution in [-0.4, -0.2) is 36.3 Å². The molecular formula is C15H2F21O. The van der Waals surface area contributed by atoms with Gasteiger partial charge in [0, 0.05) is 5.56 Å². The van der Waals surface area contributed by atoms with E-state index in [1.807, 2.05) is 0 Å². The van der Waals surface area contributed by atoms with Crippen LogP contribution in [0, 0.1) is 0 Å². The van der Waals surface area contributed by atoms with E-state index in [1.165, 1.54) is 0 Å². The van der Waals surface area contributed by atoms with Gasteiger partial charge in [-0.1, -0.05) is 0 Å². The van der Waals surface area contributed by atoms with Gasteiger partial charge in [-0.05, 0) is 12.1 Å². The summed E-state index contributed by atoms with van der Waals surface area (Å²) < 4.78 is 274. The Morgan fingerprint density at radius 2 is 0.595 bits per heavy atom. The number of rotatable bonds is 6. The molecule has 1 rings (SSSR count). The second-order valence-electron chi connectivity index (χ2n) is 6.84. The molecule has 0 N–H and O–H groups in total. The van der Waals surface area contributed by atoms with Gasteiger partial charge in [-0.3, -0.25) is 5.11 Å². The smallest absolute Gasteiger partial charge is 0.289 e. The summed E-state index contributed by atoms with van der Waals surface area (Å²) in [4.78, 5) is 0. The van der Waals surface area contributed by atoms with E-state index in [9.17, 15) is 97.3 Å². The SMILES string of the molecule is [O]c1c(C(F)(F)C(F)(F)C(F)(F)F)cc(C(F)(F)C(F)(F)C(F)(F)F)cc1C(F)(F)C(F)(F)C(F)(F)F. The Morgan fingerprint density at radius 1 is 0.378 bits per heavy atom. The molecule has 0 heterocycles. The molecule has 1 nitrogen and oxygen atoms in total. The molecule has 1 aromatic rings. The Labute approximate surface area is 187 Å². The highest BCUT2D eigenvalue weighted by atomic mass is 19.4. The summed E-state index contributed by atoms with van der Waals surface area (Å²) in [5, 5.41) is 11.7. The lowest BCUT2D eigenvalue weighted by atomic mass is 9.88. The first-order valence-electron chi connectivity index (χ1n) is 8.08.